The van der Waals surface area contributed by atoms with Gasteiger partial charge in [-0.15, -0.1) is 0 Å². The van der Waals surface area contributed by atoms with E-state index in [2.05, 4.69) is 22.1 Å². The summed E-state index contributed by atoms with van der Waals surface area (Å²) in [5.41, 5.74) is 3.73. The Hall–Kier alpha value is -4.72. The van der Waals surface area contributed by atoms with Crippen molar-refractivity contribution in [2.75, 3.05) is 5.32 Å². The maximum Gasteiger partial charge on any atom is 0.417 e. The molecule has 1 heterocycles. The molecule has 0 spiro atoms. The molecule has 3 aromatic rings. The van der Waals surface area contributed by atoms with E-state index in [0.29, 0.717) is 5.69 Å². The molecule has 2 aromatic carbocycles. The summed E-state index contributed by atoms with van der Waals surface area (Å²) in [4.78, 5) is 28.7. The zero-order chi connectivity index (χ0) is 25.8. The number of nitrogens with zero attached hydrogens (tertiary/aromatic N) is 1. The number of amides is 2. The van der Waals surface area contributed by atoms with E-state index >= 15 is 0 Å². The standard InChI is InChI=1S/C24H17F4N5O2/c1-13-3-2-4-20(31-13)32-22(35)18-11-14(7-8-19(18)24(26,27)28)5-6-15-9-16(12-17(25)10-15)21(34)33-23(29)30/h2-4,7-12H,1H3,(H,31,32,35)(H4,29,30,33,34). The molecule has 0 aliphatic carbocycles. The van der Waals surface area contributed by atoms with Gasteiger partial charge in [0, 0.05) is 22.4 Å². The van der Waals surface area contributed by atoms with Crippen molar-refractivity contribution >= 4 is 23.6 Å². The number of guanidine groups is 1. The summed E-state index contributed by atoms with van der Waals surface area (Å²) in [6.07, 6.45) is -4.81. The Kier molecular flexibility index (Phi) is 7.15. The quantitative estimate of drug-likeness (QED) is 0.196. The number of pyridine rings is 1. The lowest BCUT2D eigenvalue weighted by atomic mass is 10.0. The number of rotatable bonds is 3. The molecule has 1 aromatic heterocycles. The summed E-state index contributed by atoms with van der Waals surface area (Å²) in [5, 5.41) is 11.4. The summed E-state index contributed by atoms with van der Waals surface area (Å²) in [7, 11) is 0. The third-order valence-corrected chi connectivity index (χ3v) is 4.46. The zero-order valence-corrected chi connectivity index (χ0v) is 18.0. The maximum atomic E-state index is 13.9. The maximum absolute atomic E-state index is 13.9. The van der Waals surface area contributed by atoms with E-state index in [1.807, 2.05) is 5.32 Å². The minimum Gasteiger partial charge on any atom is -0.370 e. The number of nitrogens with two attached hydrogens (primary N) is 1. The van der Waals surface area contributed by atoms with Crippen molar-refractivity contribution in [3.05, 3.63) is 93.9 Å². The lowest BCUT2D eigenvalue weighted by molar-refractivity contribution is -0.137. The van der Waals surface area contributed by atoms with Crippen molar-refractivity contribution in [3.8, 4) is 11.8 Å². The van der Waals surface area contributed by atoms with Gasteiger partial charge in [-0.1, -0.05) is 17.9 Å². The highest BCUT2D eigenvalue weighted by molar-refractivity contribution is 6.05. The van der Waals surface area contributed by atoms with Gasteiger partial charge in [-0.2, -0.15) is 13.2 Å². The summed E-state index contributed by atoms with van der Waals surface area (Å²) in [6, 6.07) is 10.6. The van der Waals surface area contributed by atoms with Crippen molar-refractivity contribution in [1.29, 1.82) is 5.41 Å². The molecule has 11 heteroatoms. The highest BCUT2D eigenvalue weighted by Gasteiger charge is 2.35. The van der Waals surface area contributed by atoms with Gasteiger partial charge in [0.25, 0.3) is 11.8 Å². The summed E-state index contributed by atoms with van der Waals surface area (Å²) < 4.78 is 54.5. The van der Waals surface area contributed by atoms with Crippen molar-refractivity contribution in [2.45, 2.75) is 13.1 Å². The number of anilines is 1. The third-order valence-electron chi connectivity index (χ3n) is 4.46. The van der Waals surface area contributed by atoms with E-state index in [1.165, 1.54) is 12.1 Å². The highest BCUT2D eigenvalue weighted by Crippen LogP contribution is 2.32. The van der Waals surface area contributed by atoms with Crippen LogP contribution in [0.5, 0.6) is 0 Å². The average molecular weight is 483 g/mol. The van der Waals surface area contributed by atoms with Crippen LogP contribution in [0.25, 0.3) is 0 Å². The molecule has 7 nitrogen and oxygen atoms in total. The molecule has 0 unspecified atom stereocenters. The molecular weight excluding hydrogens is 466 g/mol. The second-order valence-electron chi connectivity index (χ2n) is 7.22. The van der Waals surface area contributed by atoms with Gasteiger partial charge >= 0.3 is 6.18 Å². The van der Waals surface area contributed by atoms with Crippen LogP contribution < -0.4 is 16.4 Å². The van der Waals surface area contributed by atoms with Crippen molar-refractivity contribution in [2.24, 2.45) is 5.73 Å². The molecule has 35 heavy (non-hydrogen) atoms. The van der Waals surface area contributed by atoms with Gasteiger partial charge in [-0.3, -0.25) is 20.3 Å². The molecule has 0 bridgehead atoms. The van der Waals surface area contributed by atoms with E-state index in [-0.39, 0.29) is 22.5 Å². The van der Waals surface area contributed by atoms with Gasteiger partial charge in [-0.05, 0) is 55.5 Å². The predicted molar refractivity (Wildman–Crippen MR) is 120 cm³/mol. The van der Waals surface area contributed by atoms with E-state index < -0.39 is 40.9 Å². The molecule has 0 fully saturated rings. The zero-order valence-electron chi connectivity index (χ0n) is 18.0. The molecule has 0 atom stereocenters. The topological polar surface area (TPSA) is 121 Å². The van der Waals surface area contributed by atoms with Gasteiger partial charge in [-0.25, -0.2) is 9.37 Å². The van der Waals surface area contributed by atoms with Gasteiger partial charge in [0.1, 0.15) is 11.6 Å². The lowest BCUT2D eigenvalue weighted by Crippen LogP contribution is -2.35. The fourth-order valence-corrected chi connectivity index (χ4v) is 2.99. The summed E-state index contributed by atoms with van der Waals surface area (Å²) in [5.74, 6) is 1.89. The van der Waals surface area contributed by atoms with E-state index in [1.54, 1.807) is 19.1 Å². The number of carbonyl (C=O) groups excluding carboxylic acids is 2. The molecule has 0 aliphatic rings. The van der Waals surface area contributed by atoms with Gasteiger partial charge in [0.05, 0.1) is 11.1 Å². The van der Waals surface area contributed by atoms with Gasteiger partial charge < -0.3 is 11.1 Å². The van der Waals surface area contributed by atoms with Crippen LogP contribution in [-0.2, 0) is 6.18 Å². The van der Waals surface area contributed by atoms with E-state index in [0.717, 1.165) is 30.3 Å². The Bertz CT molecular complexity index is 1390. The number of aromatic nitrogens is 1. The number of halogens is 4. The van der Waals surface area contributed by atoms with Crippen LogP contribution >= 0.6 is 0 Å². The normalized spacial score (nSPS) is 10.7. The number of benzene rings is 2. The van der Waals surface area contributed by atoms with Crippen LogP contribution in [0.15, 0.2) is 54.6 Å². The smallest absolute Gasteiger partial charge is 0.370 e. The first-order chi connectivity index (χ1) is 16.4. The Morgan fingerprint density at radius 2 is 1.71 bits per heavy atom. The predicted octanol–water partition coefficient (Wildman–Crippen LogP) is 3.82. The first-order valence-electron chi connectivity index (χ1n) is 9.86. The van der Waals surface area contributed by atoms with Crippen LogP contribution in [0.3, 0.4) is 0 Å². The molecule has 0 radical (unpaired) electrons. The lowest BCUT2D eigenvalue weighted by Gasteiger charge is -2.13. The second-order valence-corrected chi connectivity index (χ2v) is 7.22. The third kappa shape index (κ3) is 6.64. The first kappa shape index (κ1) is 24.9. The molecule has 2 amide bonds. The van der Waals surface area contributed by atoms with Crippen LogP contribution in [0.2, 0.25) is 0 Å². The van der Waals surface area contributed by atoms with Crippen LogP contribution in [0.1, 0.15) is 43.1 Å². The number of aryl methyl sites for hydroxylation is 1. The monoisotopic (exact) mass is 483 g/mol. The fourth-order valence-electron chi connectivity index (χ4n) is 2.99. The first-order valence-corrected chi connectivity index (χ1v) is 9.86. The van der Waals surface area contributed by atoms with Crippen molar-refractivity contribution in [1.82, 2.24) is 10.3 Å². The highest BCUT2D eigenvalue weighted by atomic mass is 19.4. The summed E-state index contributed by atoms with van der Waals surface area (Å²) in [6.45, 7) is 1.66. The van der Waals surface area contributed by atoms with E-state index in [9.17, 15) is 27.2 Å². The fraction of sp³-hybridized carbons (Fsp3) is 0.0833. The van der Waals surface area contributed by atoms with Crippen molar-refractivity contribution in [3.63, 3.8) is 0 Å². The molecule has 0 aliphatic heterocycles. The molecule has 0 saturated heterocycles. The minimum absolute atomic E-state index is 0.0357. The number of carbonyl (C=O) groups is 2. The Balaban J connectivity index is 1.97. The number of nitrogens with one attached hydrogen (secondary N) is 3. The van der Waals surface area contributed by atoms with Crippen LogP contribution in [-0.4, -0.2) is 22.8 Å². The van der Waals surface area contributed by atoms with Gasteiger partial charge in [0.2, 0.25) is 0 Å². The Morgan fingerprint density at radius 3 is 2.37 bits per heavy atom. The molecular formula is C24H17F4N5O2. The molecule has 0 saturated carbocycles. The van der Waals surface area contributed by atoms with Gasteiger partial charge in [0.15, 0.2) is 5.96 Å². The average Bonchev–Trinajstić information content (AvgIpc) is 2.76. The SMILES string of the molecule is Cc1cccc(NC(=O)c2cc(C#Cc3cc(F)cc(C(=O)NC(=N)N)c3)ccc2C(F)(F)F)n1. The summed E-state index contributed by atoms with van der Waals surface area (Å²) >= 11 is 0. The second kappa shape index (κ2) is 10.0. The van der Waals surface area contributed by atoms with Crippen LogP contribution in [0, 0.1) is 30.0 Å². The largest absolute Gasteiger partial charge is 0.417 e. The van der Waals surface area contributed by atoms with E-state index in [4.69, 9.17) is 11.1 Å². The van der Waals surface area contributed by atoms with Crippen LogP contribution in [0.4, 0.5) is 23.4 Å². The minimum atomic E-state index is -4.81. The molecule has 178 valence electrons. The Labute approximate surface area is 196 Å². The molecule has 5 N–H and O–H groups in total. The molecule has 3 rings (SSSR count). The van der Waals surface area contributed by atoms with Crippen molar-refractivity contribution < 1.29 is 27.2 Å². The number of hydrogen-bond donors (Lipinski definition) is 4. The number of alkyl halides is 3. The Morgan fingerprint density at radius 1 is 1.00 bits per heavy atom. The number of hydrogen-bond acceptors (Lipinski definition) is 4.